The van der Waals surface area contributed by atoms with Crippen LogP contribution in [0.4, 0.5) is 0 Å². The van der Waals surface area contributed by atoms with Gasteiger partial charge in [-0.2, -0.15) is 0 Å². The van der Waals surface area contributed by atoms with Crippen molar-refractivity contribution in [3.05, 3.63) is 65.5 Å². The van der Waals surface area contributed by atoms with E-state index >= 15 is 0 Å². The first-order valence-electron chi connectivity index (χ1n) is 12.5. The van der Waals surface area contributed by atoms with Crippen molar-refractivity contribution in [2.45, 2.75) is 48.7 Å². The molecule has 216 valence electrons. The number of aliphatic hydroxyl groups excluding tert-OH is 4. The summed E-state index contributed by atoms with van der Waals surface area (Å²) in [7, 11) is 2.62. The molecule has 0 saturated carbocycles. The zero-order valence-electron chi connectivity index (χ0n) is 21.5. The molecule has 5 N–H and O–H groups in total. The Bertz CT molecular complexity index is 1220. The Hall–Kier alpha value is -3.30. The minimum atomic E-state index is -1.72. The van der Waals surface area contributed by atoms with Crippen LogP contribution >= 0.6 is 0 Å². The molecule has 10 atom stereocenters. The Morgan fingerprint density at radius 3 is 2.45 bits per heavy atom. The molecule has 4 aliphatic rings. The van der Waals surface area contributed by atoms with E-state index in [4.69, 9.17) is 28.4 Å². The minimum Gasteiger partial charge on any atom is -0.508 e. The van der Waals surface area contributed by atoms with Gasteiger partial charge in [0.2, 0.25) is 6.29 Å². The van der Waals surface area contributed by atoms with Crippen LogP contribution in [-0.4, -0.2) is 101 Å². The third kappa shape index (κ3) is 4.69. The molecule has 1 fully saturated rings. The fourth-order valence-electron chi connectivity index (χ4n) is 5.55. The summed E-state index contributed by atoms with van der Waals surface area (Å²) in [5, 5.41) is 50.1. The van der Waals surface area contributed by atoms with Crippen molar-refractivity contribution in [3.8, 4) is 5.75 Å². The Morgan fingerprint density at radius 2 is 1.80 bits per heavy atom. The van der Waals surface area contributed by atoms with E-state index in [0.29, 0.717) is 5.56 Å². The maximum absolute atomic E-state index is 13.2. The summed E-state index contributed by atoms with van der Waals surface area (Å²) in [4.78, 5) is 25.8. The molecule has 1 aromatic carbocycles. The molecule has 0 bridgehead atoms. The number of carbonyl (C=O) groups excluding carboxylic acids is 2. The van der Waals surface area contributed by atoms with Gasteiger partial charge in [-0.3, -0.25) is 0 Å². The second kappa shape index (κ2) is 10.9. The summed E-state index contributed by atoms with van der Waals surface area (Å²) in [6.07, 6.45) is -4.06. The van der Waals surface area contributed by atoms with E-state index in [2.05, 4.69) is 0 Å². The third-order valence-corrected chi connectivity index (χ3v) is 7.59. The lowest BCUT2D eigenvalue weighted by molar-refractivity contribution is -0.344. The zero-order valence-corrected chi connectivity index (χ0v) is 21.5. The first-order chi connectivity index (χ1) is 19.1. The van der Waals surface area contributed by atoms with E-state index in [-0.39, 0.29) is 16.9 Å². The average molecular weight is 563 g/mol. The Balaban J connectivity index is 1.50. The number of aromatic hydroxyl groups is 1. The Labute approximate surface area is 228 Å². The van der Waals surface area contributed by atoms with Gasteiger partial charge in [-0.15, -0.1) is 0 Å². The van der Waals surface area contributed by atoms with Crippen molar-refractivity contribution in [1.82, 2.24) is 0 Å². The molecule has 13 nitrogen and oxygen atoms in total. The molecule has 0 amide bonds. The molecule has 1 spiro atoms. The number of hydrogen-bond acceptors (Lipinski definition) is 13. The number of aliphatic hydroxyl groups is 4. The molecule has 0 radical (unpaired) electrons. The number of carbonyl (C=O) groups is 2. The van der Waals surface area contributed by atoms with Crippen LogP contribution in [0.1, 0.15) is 11.7 Å². The summed E-state index contributed by atoms with van der Waals surface area (Å²) in [6, 6.07) is 6.11. The number of benzene rings is 1. The highest BCUT2D eigenvalue weighted by Crippen LogP contribution is 2.52. The first kappa shape index (κ1) is 28.2. The van der Waals surface area contributed by atoms with Crippen LogP contribution in [0.25, 0.3) is 0 Å². The topological polar surface area (TPSA) is 191 Å². The predicted octanol–water partition coefficient (Wildman–Crippen LogP) is -0.666. The highest BCUT2D eigenvalue weighted by Gasteiger charge is 2.60. The van der Waals surface area contributed by atoms with E-state index in [1.807, 2.05) is 0 Å². The Morgan fingerprint density at radius 1 is 1.07 bits per heavy atom. The Kier molecular flexibility index (Phi) is 7.72. The highest BCUT2D eigenvalue weighted by atomic mass is 16.8. The number of allylic oxidation sites excluding steroid dienone is 1. The minimum absolute atomic E-state index is 0.0364. The monoisotopic (exact) mass is 562 g/mol. The van der Waals surface area contributed by atoms with Gasteiger partial charge < -0.3 is 54.0 Å². The maximum Gasteiger partial charge on any atom is 0.338 e. The SMILES string of the molecule is COC(=O)C1=CO[C@@H](O[C@@H]2O[C@H](CO)[C@@H](O)[C@H](O)[C@H]2O)[C@H]2[C@@H]1C=C[C@@]21C=C([C@@H](OC)c2ccc(O)cc2)C(=O)O1. The number of methoxy groups -OCH3 is 2. The average Bonchev–Trinajstić information content (AvgIpc) is 3.49. The summed E-state index contributed by atoms with van der Waals surface area (Å²) in [5.74, 6) is -3.01. The van der Waals surface area contributed by atoms with E-state index in [1.165, 1.54) is 26.4 Å². The lowest BCUT2D eigenvalue weighted by atomic mass is 9.78. The number of phenols is 1. The first-order valence-corrected chi connectivity index (χ1v) is 12.5. The number of rotatable bonds is 7. The lowest BCUT2D eigenvalue weighted by Gasteiger charge is -2.44. The summed E-state index contributed by atoms with van der Waals surface area (Å²) in [6.45, 7) is -0.667. The van der Waals surface area contributed by atoms with Crippen LogP contribution in [0.5, 0.6) is 5.75 Å². The van der Waals surface area contributed by atoms with Crippen molar-refractivity contribution in [2.75, 3.05) is 20.8 Å². The fraction of sp³-hybridized carbons (Fsp3) is 0.481. The van der Waals surface area contributed by atoms with Gasteiger partial charge in [-0.1, -0.05) is 18.2 Å². The van der Waals surface area contributed by atoms with Crippen LogP contribution in [0.3, 0.4) is 0 Å². The molecule has 0 aromatic heterocycles. The standard InChI is InChI=1S/C27H30O13/c1-35-22(12-3-5-13(29)6-4-12)15-9-27(40-24(15)34)8-7-14-16(23(33)36-2)11-37-25(18(14)27)39-26-21(32)20(31)19(30)17(10-28)38-26/h3-9,11,14,17-22,25-26,28-32H,10H2,1-2H3/t14-,17-,18-,19-,20+,21-,22+,25+,26+,27-/m1/s1. The normalized spacial score (nSPS) is 37.3. The number of phenolic OH excluding ortho intramolecular Hbond substituents is 1. The van der Waals surface area contributed by atoms with Gasteiger partial charge in [0.25, 0.3) is 0 Å². The smallest absolute Gasteiger partial charge is 0.338 e. The second-order valence-electron chi connectivity index (χ2n) is 9.86. The fourth-order valence-corrected chi connectivity index (χ4v) is 5.55. The largest absolute Gasteiger partial charge is 0.508 e. The summed E-state index contributed by atoms with van der Waals surface area (Å²) < 4.78 is 33.5. The second-order valence-corrected chi connectivity index (χ2v) is 9.86. The maximum atomic E-state index is 13.2. The predicted molar refractivity (Wildman–Crippen MR) is 131 cm³/mol. The molecule has 40 heavy (non-hydrogen) atoms. The molecule has 5 rings (SSSR count). The molecular weight excluding hydrogens is 532 g/mol. The van der Waals surface area contributed by atoms with Crippen LogP contribution in [0.2, 0.25) is 0 Å². The number of hydrogen-bond donors (Lipinski definition) is 5. The number of esters is 2. The molecule has 1 aromatic rings. The van der Waals surface area contributed by atoms with Gasteiger partial charge in [-0.25, -0.2) is 9.59 Å². The van der Waals surface area contributed by atoms with Crippen LogP contribution in [0, 0.1) is 11.8 Å². The van der Waals surface area contributed by atoms with E-state index in [1.54, 1.807) is 30.4 Å². The summed E-state index contributed by atoms with van der Waals surface area (Å²) >= 11 is 0. The quantitative estimate of drug-likeness (QED) is 0.208. The van der Waals surface area contributed by atoms with Crippen molar-refractivity contribution < 1.29 is 63.5 Å². The zero-order chi connectivity index (χ0) is 28.8. The van der Waals surface area contributed by atoms with E-state index < -0.39 is 79.1 Å². The molecule has 1 saturated heterocycles. The van der Waals surface area contributed by atoms with Gasteiger partial charge >= 0.3 is 11.9 Å². The molecular formula is C27H30O13. The molecule has 13 heteroatoms. The lowest BCUT2D eigenvalue weighted by Crippen LogP contribution is -2.60. The molecule has 0 unspecified atom stereocenters. The summed E-state index contributed by atoms with van der Waals surface area (Å²) in [5.41, 5.74) is -0.645. The van der Waals surface area contributed by atoms with E-state index in [0.717, 1.165) is 6.26 Å². The molecule has 3 aliphatic heterocycles. The number of fused-ring (bicyclic) bond motifs is 2. The molecule has 3 heterocycles. The van der Waals surface area contributed by atoms with Crippen molar-refractivity contribution in [1.29, 1.82) is 0 Å². The van der Waals surface area contributed by atoms with Gasteiger partial charge in [-0.05, 0) is 29.8 Å². The van der Waals surface area contributed by atoms with Crippen LogP contribution in [0.15, 0.2) is 59.9 Å². The van der Waals surface area contributed by atoms with Crippen molar-refractivity contribution >= 4 is 11.9 Å². The van der Waals surface area contributed by atoms with Crippen LogP contribution in [-0.2, 0) is 38.0 Å². The van der Waals surface area contributed by atoms with Gasteiger partial charge in [0.15, 0.2) is 11.9 Å². The van der Waals surface area contributed by atoms with Gasteiger partial charge in [0.05, 0.1) is 37.0 Å². The van der Waals surface area contributed by atoms with Crippen LogP contribution < -0.4 is 0 Å². The highest BCUT2D eigenvalue weighted by molar-refractivity contribution is 5.94. The van der Waals surface area contributed by atoms with Crippen molar-refractivity contribution in [3.63, 3.8) is 0 Å². The van der Waals surface area contributed by atoms with Gasteiger partial charge in [0, 0.05) is 13.0 Å². The van der Waals surface area contributed by atoms with E-state index in [9.17, 15) is 35.1 Å². The third-order valence-electron chi connectivity index (χ3n) is 7.59. The van der Waals surface area contributed by atoms with Crippen molar-refractivity contribution in [2.24, 2.45) is 11.8 Å². The molecule has 1 aliphatic carbocycles. The van der Waals surface area contributed by atoms with Gasteiger partial charge in [0.1, 0.15) is 36.3 Å². The number of ether oxygens (including phenoxy) is 6.